The van der Waals surface area contributed by atoms with Gasteiger partial charge in [0.25, 0.3) is 0 Å². The number of fused-ring (bicyclic) bond motifs is 1. The Morgan fingerprint density at radius 3 is 1.98 bits per heavy atom. The zero-order valence-corrected chi connectivity index (χ0v) is 29.1. The average molecular weight is 729 g/mol. The SMILES string of the molecule is O=C(O)c1ccc(O)c(Cc2c(O)c(C(=O)O)cc3ccccc23)c1O.OCCOCCN1CCN(C(c2ccccc2)c2ccc(Cl)cc2)CC1. The normalized spacial score (nSPS) is 14.0. The first-order valence-corrected chi connectivity index (χ1v) is 17.2. The van der Waals surface area contributed by atoms with Gasteiger partial charge in [0, 0.05) is 55.3 Å². The van der Waals surface area contributed by atoms with E-state index in [0.717, 1.165) is 49.9 Å². The molecule has 6 N–H and O–H groups in total. The van der Waals surface area contributed by atoms with Crippen molar-refractivity contribution in [1.82, 2.24) is 9.80 Å². The van der Waals surface area contributed by atoms with Crippen LogP contribution >= 0.6 is 11.6 Å². The predicted molar refractivity (Wildman–Crippen MR) is 198 cm³/mol. The van der Waals surface area contributed by atoms with E-state index in [1.165, 1.54) is 17.2 Å². The number of hydrogen-bond acceptors (Lipinski definition) is 9. The summed E-state index contributed by atoms with van der Waals surface area (Å²) in [5.74, 6) is -4.21. The quantitative estimate of drug-likeness (QED) is 0.0833. The van der Waals surface area contributed by atoms with E-state index in [2.05, 4.69) is 52.3 Å². The van der Waals surface area contributed by atoms with Crippen molar-refractivity contribution in [2.24, 2.45) is 0 Å². The molecule has 0 amide bonds. The van der Waals surface area contributed by atoms with Crippen LogP contribution in [0.1, 0.15) is 49.0 Å². The first-order chi connectivity index (χ1) is 25.1. The molecule has 1 atom stereocenters. The number of halogens is 1. The molecular formula is C40H41ClN2O9. The van der Waals surface area contributed by atoms with Gasteiger partial charge in [-0.05, 0) is 52.2 Å². The second-order valence-corrected chi connectivity index (χ2v) is 12.7. The fourth-order valence-electron chi connectivity index (χ4n) is 6.40. The molecule has 12 heteroatoms. The van der Waals surface area contributed by atoms with Crippen LogP contribution < -0.4 is 0 Å². The van der Waals surface area contributed by atoms with E-state index in [1.54, 1.807) is 24.3 Å². The second-order valence-electron chi connectivity index (χ2n) is 12.3. The molecule has 0 bridgehead atoms. The zero-order chi connectivity index (χ0) is 37.2. The monoisotopic (exact) mass is 728 g/mol. The summed E-state index contributed by atoms with van der Waals surface area (Å²) in [4.78, 5) is 27.6. The lowest BCUT2D eigenvalue weighted by molar-refractivity contribution is 0.0522. The average Bonchev–Trinajstić information content (AvgIpc) is 3.14. The van der Waals surface area contributed by atoms with Crippen LogP contribution in [0.2, 0.25) is 5.02 Å². The zero-order valence-electron chi connectivity index (χ0n) is 28.4. The van der Waals surface area contributed by atoms with Gasteiger partial charge < -0.3 is 35.4 Å². The lowest BCUT2D eigenvalue weighted by Crippen LogP contribution is -2.48. The summed E-state index contributed by atoms with van der Waals surface area (Å²) >= 11 is 6.09. The first kappa shape index (κ1) is 38.1. The number of carbonyl (C=O) groups is 2. The number of hydrogen-bond donors (Lipinski definition) is 6. The van der Waals surface area contributed by atoms with E-state index in [1.807, 2.05) is 12.1 Å². The summed E-state index contributed by atoms with van der Waals surface area (Å²) in [6, 6.07) is 29.4. The number of phenolic OH excluding ortho intramolecular Hbond substituents is 1. The maximum Gasteiger partial charge on any atom is 0.339 e. The summed E-state index contributed by atoms with van der Waals surface area (Å²) < 4.78 is 5.39. The standard InChI is InChI=1S/C21H27ClN2O2.C19H14O7/c22-20-8-6-19(7-9-20)21(18-4-2-1-3-5-18)24-12-10-23(11-13-24)14-16-26-17-15-25;20-15-6-5-11(18(23)24)16(21)13(15)8-12-10-4-2-1-3-9(10)7-14(17(12)22)19(25)26/h1-9,21,25H,10-17H2;1-7,20-22H,8H2,(H,23,24)(H,25,26). The number of carboxylic acids is 2. The van der Waals surface area contributed by atoms with Crippen molar-refractivity contribution in [1.29, 1.82) is 0 Å². The fourth-order valence-corrected chi connectivity index (χ4v) is 6.53. The van der Waals surface area contributed by atoms with Gasteiger partial charge in [-0.15, -0.1) is 0 Å². The van der Waals surface area contributed by atoms with Crippen LogP contribution in [0.4, 0.5) is 0 Å². The summed E-state index contributed by atoms with van der Waals surface area (Å²) in [5, 5.41) is 59.7. The molecule has 0 spiro atoms. The molecule has 1 heterocycles. The topological polar surface area (TPSA) is 171 Å². The summed E-state index contributed by atoms with van der Waals surface area (Å²) in [6.45, 7) is 6.20. The minimum absolute atomic E-state index is 0.0909. The van der Waals surface area contributed by atoms with Crippen molar-refractivity contribution < 1.29 is 45.0 Å². The Bertz CT molecular complexity index is 1980. The molecule has 1 aliphatic heterocycles. The van der Waals surface area contributed by atoms with Gasteiger partial charge in [0.1, 0.15) is 28.4 Å². The Balaban J connectivity index is 0.000000201. The Morgan fingerprint density at radius 2 is 1.33 bits per heavy atom. The molecule has 0 saturated carbocycles. The summed E-state index contributed by atoms with van der Waals surface area (Å²) in [5.41, 5.74) is 1.90. The second kappa shape index (κ2) is 17.9. The van der Waals surface area contributed by atoms with Crippen LogP contribution in [0.25, 0.3) is 10.8 Å². The third-order valence-corrected chi connectivity index (χ3v) is 9.31. The number of aromatic hydroxyl groups is 3. The van der Waals surface area contributed by atoms with Crippen molar-refractivity contribution in [3.05, 3.63) is 135 Å². The molecule has 5 aromatic rings. The van der Waals surface area contributed by atoms with Crippen molar-refractivity contribution in [2.45, 2.75) is 12.5 Å². The van der Waals surface area contributed by atoms with Gasteiger partial charge >= 0.3 is 11.9 Å². The first-order valence-electron chi connectivity index (χ1n) is 16.8. The molecule has 1 unspecified atom stereocenters. The molecule has 6 rings (SSSR count). The van der Waals surface area contributed by atoms with E-state index in [4.69, 9.17) is 26.6 Å². The van der Waals surface area contributed by atoms with Gasteiger partial charge in [-0.25, -0.2) is 9.59 Å². The number of benzene rings is 5. The van der Waals surface area contributed by atoms with Crippen molar-refractivity contribution >= 4 is 34.3 Å². The highest BCUT2D eigenvalue weighted by Crippen LogP contribution is 2.39. The minimum Gasteiger partial charge on any atom is -0.508 e. The Labute approximate surface area is 306 Å². The lowest BCUT2D eigenvalue weighted by Gasteiger charge is -2.39. The smallest absolute Gasteiger partial charge is 0.339 e. The number of rotatable bonds is 12. The van der Waals surface area contributed by atoms with Gasteiger partial charge in [-0.3, -0.25) is 9.80 Å². The van der Waals surface area contributed by atoms with Crippen LogP contribution in [-0.4, -0.2) is 105 Å². The number of nitrogens with zero attached hydrogens (tertiary/aromatic N) is 2. The van der Waals surface area contributed by atoms with E-state index in [9.17, 15) is 30.0 Å². The Morgan fingerprint density at radius 1 is 0.712 bits per heavy atom. The molecule has 52 heavy (non-hydrogen) atoms. The molecule has 1 fully saturated rings. The highest BCUT2D eigenvalue weighted by atomic mass is 35.5. The molecule has 0 aliphatic carbocycles. The lowest BCUT2D eigenvalue weighted by atomic mass is 9.93. The predicted octanol–water partition coefficient (Wildman–Crippen LogP) is 6.00. The summed E-state index contributed by atoms with van der Waals surface area (Å²) in [7, 11) is 0. The number of phenols is 3. The van der Waals surface area contributed by atoms with Crippen molar-refractivity contribution in [3.8, 4) is 17.2 Å². The highest BCUT2D eigenvalue weighted by molar-refractivity contribution is 6.30. The largest absolute Gasteiger partial charge is 0.508 e. The van der Waals surface area contributed by atoms with Crippen LogP contribution in [0.5, 0.6) is 17.2 Å². The van der Waals surface area contributed by atoms with Gasteiger partial charge in [0.05, 0.1) is 25.9 Å². The minimum atomic E-state index is -1.38. The summed E-state index contributed by atoms with van der Waals surface area (Å²) in [6.07, 6.45) is -0.258. The van der Waals surface area contributed by atoms with Crippen LogP contribution in [-0.2, 0) is 11.2 Å². The molecule has 0 radical (unpaired) electrons. The number of aliphatic hydroxyl groups excluding tert-OH is 1. The third kappa shape index (κ3) is 9.19. The maximum atomic E-state index is 11.4. The number of ether oxygens (including phenoxy) is 1. The highest BCUT2D eigenvalue weighted by Gasteiger charge is 2.26. The van der Waals surface area contributed by atoms with E-state index >= 15 is 0 Å². The molecular weight excluding hydrogens is 688 g/mol. The number of aromatic carboxylic acids is 2. The van der Waals surface area contributed by atoms with Gasteiger partial charge in [-0.2, -0.15) is 0 Å². The molecule has 272 valence electrons. The van der Waals surface area contributed by atoms with Gasteiger partial charge in [0.15, 0.2) is 0 Å². The van der Waals surface area contributed by atoms with Crippen LogP contribution in [0, 0.1) is 0 Å². The van der Waals surface area contributed by atoms with Crippen molar-refractivity contribution in [3.63, 3.8) is 0 Å². The molecule has 1 aliphatic rings. The number of aliphatic hydroxyl groups is 1. The molecule has 11 nitrogen and oxygen atoms in total. The fraction of sp³-hybridized carbons (Fsp3) is 0.250. The van der Waals surface area contributed by atoms with E-state index in [-0.39, 0.29) is 41.5 Å². The Kier molecular flexibility index (Phi) is 13.1. The van der Waals surface area contributed by atoms with Gasteiger partial charge in [0.2, 0.25) is 0 Å². The third-order valence-electron chi connectivity index (χ3n) is 9.06. The molecule has 0 aromatic heterocycles. The van der Waals surface area contributed by atoms with Crippen LogP contribution in [0.3, 0.4) is 0 Å². The molecule has 1 saturated heterocycles. The maximum absolute atomic E-state index is 11.4. The van der Waals surface area contributed by atoms with Crippen LogP contribution in [0.15, 0.2) is 97.1 Å². The number of piperazine rings is 1. The number of carboxylic acid groups (broad SMARTS) is 2. The molecule has 5 aromatic carbocycles. The van der Waals surface area contributed by atoms with Crippen molar-refractivity contribution in [2.75, 3.05) is 52.5 Å². The Hall–Kier alpha value is -5.17. The van der Waals surface area contributed by atoms with E-state index in [0.29, 0.717) is 24.0 Å². The van der Waals surface area contributed by atoms with Gasteiger partial charge in [-0.1, -0.05) is 78.3 Å². The van der Waals surface area contributed by atoms with E-state index < -0.39 is 29.0 Å².